The first kappa shape index (κ1) is 15.7. The molecule has 4 nitrogen and oxygen atoms in total. The van der Waals surface area contributed by atoms with Crippen LogP contribution in [0.25, 0.3) is 21.5 Å². The Hall–Kier alpha value is -2.57. The van der Waals surface area contributed by atoms with Gasteiger partial charge in [-0.25, -0.2) is 9.97 Å². The normalized spacial score (nSPS) is 16.0. The van der Waals surface area contributed by atoms with Crippen LogP contribution in [0.1, 0.15) is 28.4 Å². The van der Waals surface area contributed by atoms with Gasteiger partial charge in [0.05, 0.1) is 28.2 Å². The molecule has 2 aromatic heterocycles. The summed E-state index contributed by atoms with van der Waals surface area (Å²) in [5.41, 5.74) is 5.03. The second-order valence-corrected chi connectivity index (χ2v) is 8.45. The number of rotatable bonds is 3. The van der Waals surface area contributed by atoms with E-state index in [-0.39, 0.29) is 11.8 Å². The Morgan fingerprint density at radius 3 is 2.88 bits per heavy atom. The molecule has 0 unspecified atom stereocenters. The molecule has 1 amide bonds. The van der Waals surface area contributed by atoms with Crippen molar-refractivity contribution in [2.45, 2.75) is 19.3 Å². The fourth-order valence-electron chi connectivity index (χ4n) is 3.23. The van der Waals surface area contributed by atoms with Gasteiger partial charge in [0.1, 0.15) is 10.0 Å². The SMILES string of the molecule is C[C@@H]1C(=O)Nc2ccc(-c3csc(Cc4nc5ccccc5s4)n3)cc21. The molecule has 5 rings (SSSR count). The Kier molecular flexibility index (Phi) is 3.62. The Bertz CT molecular complexity index is 1110. The largest absolute Gasteiger partial charge is 0.325 e. The van der Waals surface area contributed by atoms with Crippen molar-refractivity contribution in [3.8, 4) is 11.3 Å². The number of para-hydroxylation sites is 1. The molecule has 0 bridgehead atoms. The van der Waals surface area contributed by atoms with E-state index in [0.717, 1.165) is 44.5 Å². The fourth-order valence-corrected chi connectivity index (χ4v) is 5.10. The van der Waals surface area contributed by atoms with Crippen molar-refractivity contribution in [3.63, 3.8) is 0 Å². The third-order valence-corrected chi connectivity index (χ3v) is 6.54. The van der Waals surface area contributed by atoms with Crippen LogP contribution in [0.2, 0.25) is 0 Å². The number of carbonyl (C=O) groups is 1. The number of thiazole rings is 2. The molecule has 0 saturated carbocycles. The average Bonchev–Trinajstić information content (AvgIpc) is 3.33. The molecular weight excluding hydrogens is 362 g/mol. The van der Waals surface area contributed by atoms with Crippen LogP contribution in [-0.4, -0.2) is 15.9 Å². The van der Waals surface area contributed by atoms with E-state index in [4.69, 9.17) is 9.97 Å². The van der Waals surface area contributed by atoms with Gasteiger partial charge >= 0.3 is 0 Å². The Morgan fingerprint density at radius 2 is 2.00 bits per heavy atom. The average molecular weight is 377 g/mol. The van der Waals surface area contributed by atoms with Gasteiger partial charge in [-0.3, -0.25) is 4.79 Å². The monoisotopic (exact) mass is 377 g/mol. The first-order valence-electron chi connectivity index (χ1n) is 8.41. The van der Waals surface area contributed by atoms with Crippen molar-refractivity contribution >= 4 is 44.5 Å². The summed E-state index contributed by atoms with van der Waals surface area (Å²) in [6.45, 7) is 1.94. The van der Waals surface area contributed by atoms with E-state index in [1.807, 2.05) is 37.3 Å². The van der Waals surface area contributed by atoms with E-state index < -0.39 is 0 Å². The van der Waals surface area contributed by atoms with Crippen LogP contribution in [0.5, 0.6) is 0 Å². The quantitative estimate of drug-likeness (QED) is 0.542. The highest BCUT2D eigenvalue weighted by atomic mass is 32.1. The summed E-state index contributed by atoms with van der Waals surface area (Å²) in [7, 11) is 0. The molecule has 3 heterocycles. The van der Waals surface area contributed by atoms with Crippen LogP contribution >= 0.6 is 22.7 Å². The van der Waals surface area contributed by atoms with Gasteiger partial charge in [0.15, 0.2) is 0 Å². The summed E-state index contributed by atoms with van der Waals surface area (Å²) in [4.78, 5) is 21.3. The number of benzene rings is 2. The molecule has 0 saturated heterocycles. The van der Waals surface area contributed by atoms with Crippen LogP contribution in [0.3, 0.4) is 0 Å². The summed E-state index contributed by atoms with van der Waals surface area (Å²) in [5, 5.41) is 7.14. The van der Waals surface area contributed by atoms with E-state index in [2.05, 4.69) is 22.8 Å². The van der Waals surface area contributed by atoms with Crippen LogP contribution in [0.15, 0.2) is 47.8 Å². The van der Waals surface area contributed by atoms with Gasteiger partial charge in [-0.05, 0) is 36.8 Å². The number of nitrogens with zero attached hydrogens (tertiary/aromatic N) is 2. The van der Waals surface area contributed by atoms with Crippen LogP contribution in [0, 0.1) is 0 Å². The van der Waals surface area contributed by atoms with Gasteiger partial charge in [-0.1, -0.05) is 18.2 Å². The molecule has 26 heavy (non-hydrogen) atoms. The summed E-state index contributed by atoms with van der Waals surface area (Å²) < 4.78 is 1.21. The summed E-state index contributed by atoms with van der Waals surface area (Å²) in [6, 6.07) is 14.3. The summed E-state index contributed by atoms with van der Waals surface area (Å²) in [6.07, 6.45) is 0.755. The van der Waals surface area contributed by atoms with Crippen LogP contribution in [0.4, 0.5) is 5.69 Å². The maximum absolute atomic E-state index is 11.8. The molecule has 6 heteroatoms. The smallest absolute Gasteiger partial charge is 0.231 e. The number of hydrogen-bond acceptors (Lipinski definition) is 5. The van der Waals surface area contributed by atoms with Crippen molar-refractivity contribution in [3.05, 3.63) is 63.4 Å². The molecular formula is C20H15N3OS2. The van der Waals surface area contributed by atoms with Gasteiger partial charge in [0.2, 0.25) is 5.91 Å². The van der Waals surface area contributed by atoms with E-state index in [1.54, 1.807) is 22.7 Å². The van der Waals surface area contributed by atoms with E-state index in [9.17, 15) is 4.79 Å². The number of fused-ring (bicyclic) bond motifs is 2. The van der Waals surface area contributed by atoms with Crippen molar-refractivity contribution in [2.75, 3.05) is 5.32 Å². The fraction of sp³-hybridized carbons (Fsp3) is 0.150. The van der Waals surface area contributed by atoms with Gasteiger partial charge < -0.3 is 5.32 Å². The third kappa shape index (κ3) is 2.62. The molecule has 1 aliphatic rings. The van der Waals surface area contributed by atoms with Crippen molar-refractivity contribution < 1.29 is 4.79 Å². The van der Waals surface area contributed by atoms with E-state index in [1.165, 1.54) is 4.70 Å². The number of amides is 1. The molecule has 0 radical (unpaired) electrons. The predicted octanol–water partition coefficient (Wildman–Crippen LogP) is 5.07. The minimum Gasteiger partial charge on any atom is -0.325 e. The minimum atomic E-state index is -0.106. The number of nitrogens with one attached hydrogen (secondary N) is 1. The highest BCUT2D eigenvalue weighted by Gasteiger charge is 2.26. The predicted molar refractivity (Wildman–Crippen MR) is 107 cm³/mol. The Labute approximate surface area is 158 Å². The molecule has 4 aromatic rings. The summed E-state index contributed by atoms with van der Waals surface area (Å²) >= 11 is 3.38. The van der Waals surface area contributed by atoms with Crippen LogP contribution < -0.4 is 5.32 Å². The zero-order valence-electron chi connectivity index (χ0n) is 14.0. The molecule has 0 fully saturated rings. The van der Waals surface area contributed by atoms with Crippen LogP contribution in [-0.2, 0) is 11.2 Å². The molecule has 2 aromatic carbocycles. The number of carbonyl (C=O) groups excluding carboxylic acids is 1. The maximum atomic E-state index is 11.8. The second kappa shape index (κ2) is 6.00. The lowest BCUT2D eigenvalue weighted by Gasteiger charge is -2.03. The zero-order valence-corrected chi connectivity index (χ0v) is 15.7. The van der Waals surface area contributed by atoms with Gasteiger partial charge in [0, 0.05) is 16.6 Å². The topological polar surface area (TPSA) is 54.9 Å². The lowest BCUT2D eigenvalue weighted by molar-refractivity contribution is -0.116. The van der Waals surface area contributed by atoms with Gasteiger partial charge in [-0.2, -0.15) is 0 Å². The third-order valence-electron chi connectivity index (χ3n) is 4.66. The number of aromatic nitrogens is 2. The van der Waals surface area contributed by atoms with Crippen molar-refractivity contribution in [1.82, 2.24) is 9.97 Å². The molecule has 128 valence electrons. The molecule has 1 atom stereocenters. The van der Waals surface area contributed by atoms with E-state index >= 15 is 0 Å². The molecule has 1 N–H and O–H groups in total. The Morgan fingerprint density at radius 1 is 1.12 bits per heavy atom. The first-order valence-corrected chi connectivity index (χ1v) is 10.1. The highest BCUT2D eigenvalue weighted by Crippen LogP contribution is 2.36. The first-order chi connectivity index (χ1) is 12.7. The molecule has 1 aliphatic heterocycles. The van der Waals surface area contributed by atoms with Gasteiger partial charge in [-0.15, -0.1) is 22.7 Å². The zero-order chi connectivity index (χ0) is 17.7. The maximum Gasteiger partial charge on any atom is 0.231 e. The lowest BCUT2D eigenvalue weighted by atomic mass is 10.00. The number of anilines is 1. The number of hydrogen-bond donors (Lipinski definition) is 1. The van der Waals surface area contributed by atoms with E-state index in [0.29, 0.717) is 0 Å². The van der Waals surface area contributed by atoms with Crippen molar-refractivity contribution in [2.24, 2.45) is 0 Å². The summed E-state index contributed by atoms with van der Waals surface area (Å²) in [5.74, 6) is -0.0437. The highest BCUT2D eigenvalue weighted by molar-refractivity contribution is 7.18. The molecule has 0 spiro atoms. The van der Waals surface area contributed by atoms with Gasteiger partial charge in [0.25, 0.3) is 0 Å². The van der Waals surface area contributed by atoms with Crippen molar-refractivity contribution in [1.29, 1.82) is 0 Å². The standard InChI is InChI=1S/C20H15N3OS2/c1-11-13-8-12(6-7-14(13)23-20(11)24)16-10-25-18(22-16)9-19-21-15-4-2-3-5-17(15)26-19/h2-8,10-11H,9H2,1H3,(H,23,24)/t11-/m0/s1. The lowest BCUT2D eigenvalue weighted by Crippen LogP contribution is -2.08. The molecule has 0 aliphatic carbocycles. The minimum absolute atomic E-state index is 0.0620. The Balaban J connectivity index is 1.43. The second-order valence-electron chi connectivity index (χ2n) is 6.39.